The summed E-state index contributed by atoms with van der Waals surface area (Å²) in [5, 5.41) is 2.96. The Morgan fingerprint density at radius 2 is 1.89 bits per heavy atom. The van der Waals surface area contributed by atoms with Crippen molar-refractivity contribution in [2.75, 3.05) is 5.73 Å². The van der Waals surface area contributed by atoms with E-state index >= 15 is 0 Å². The lowest BCUT2D eigenvalue weighted by atomic mass is 10.1. The number of rotatable bonds is 3. The van der Waals surface area contributed by atoms with Crippen LogP contribution in [0.5, 0.6) is 0 Å². The van der Waals surface area contributed by atoms with E-state index in [2.05, 4.69) is 21.2 Å². The van der Waals surface area contributed by atoms with Crippen LogP contribution < -0.4 is 11.1 Å². The van der Waals surface area contributed by atoms with E-state index in [0.29, 0.717) is 11.3 Å². The Labute approximate surface area is 121 Å². The van der Waals surface area contributed by atoms with Gasteiger partial charge in [-0.3, -0.25) is 4.79 Å². The molecule has 0 bridgehead atoms. The third kappa shape index (κ3) is 3.35. The summed E-state index contributed by atoms with van der Waals surface area (Å²) in [6.07, 6.45) is 0. The van der Waals surface area contributed by atoms with Gasteiger partial charge in [-0.25, -0.2) is 0 Å². The third-order valence-electron chi connectivity index (χ3n) is 2.91. The van der Waals surface area contributed by atoms with Crippen molar-refractivity contribution in [1.82, 2.24) is 5.32 Å². The molecule has 0 fully saturated rings. The minimum Gasteiger partial charge on any atom is -0.398 e. The van der Waals surface area contributed by atoms with Gasteiger partial charge in [0.05, 0.1) is 6.04 Å². The van der Waals surface area contributed by atoms with Crippen molar-refractivity contribution in [1.29, 1.82) is 0 Å². The minimum atomic E-state index is -0.114. The van der Waals surface area contributed by atoms with Crippen LogP contribution in [0.15, 0.2) is 53.0 Å². The van der Waals surface area contributed by atoms with E-state index in [4.69, 9.17) is 5.73 Å². The van der Waals surface area contributed by atoms with Crippen molar-refractivity contribution in [3.05, 3.63) is 64.1 Å². The molecule has 2 rings (SSSR count). The van der Waals surface area contributed by atoms with Gasteiger partial charge in [0.15, 0.2) is 0 Å². The first kappa shape index (κ1) is 13.6. The van der Waals surface area contributed by atoms with Crippen LogP contribution in [0.25, 0.3) is 0 Å². The van der Waals surface area contributed by atoms with Crippen LogP contribution >= 0.6 is 15.9 Å². The van der Waals surface area contributed by atoms with Gasteiger partial charge < -0.3 is 11.1 Å². The quantitative estimate of drug-likeness (QED) is 0.851. The Balaban J connectivity index is 2.11. The van der Waals surface area contributed by atoms with Crippen LogP contribution in [0.1, 0.15) is 28.9 Å². The van der Waals surface area contributed by atoms with Crippen LogP contribution in [0.3, 0.4) is 0 Å². The highest BCUT2D eigenvalue weighted by molar-refractivity contribution is 9.10. The minimum absolute atomic E-state index is 0.0370. The van der Waals surface area contributed by atoms with E-state index in [1.807, 2.05) is 37.3 Å². The summed E-state index contributed by atoms with van der Waals surface area (Å²) in [4.78, 5) is 12.1. The molecular formula is C15H15BrN2O. The maximum absolute atomic E-state index is 12.1. The molecule has 0 aromatic heterocycles. The smallest absolute Gasteiger partial charge is 0.251 e. The van der Waals surface area contributed by atoms with Crippen LogP contribution in [-0.4, -0.2) is 5.91 Å². The Morgan fingerprint density at radius 3 is 2.53 bits per heavy atom. The Morgan fingerprint density at radius 1 is 1.21 bits per heavy atom. The largest absolute Gasteiger partial charge is 0.398 e. The fourth-order valence-corrected chi connectivity index (χ4v) is 2.15. The molecule has 0 aliphatic rings. The van der Waals surface area contributed by atoms with Crippen molar-refractivity contribution in [2.24, 2.45) is 0 Å². The zero-order valence-electron chi connectivity index (χ0n) is 10.6. The second kappa shape index (κ2) is 5.89. The van der Waals surface area contributed by atoms with E-state index in [1.165, 1.54) is 0 Å². The first-order valence-electron chi connectivity index (χ1n) is 5.99. The molecule has 3 nitrogen and oxygen atoms in total. The topological polar surface area (TPSA) is 55.1 Å². The molecule has 0 spiro atoms. The maximum Gasteiger partial charge on any atom is 0.251 e. The van der Waals surface area contributed by atoms with Crippen LogP contribution in [0.2, 0.25) is 0 Å². The normalized spacial score (nSPS) is 11.9. The number of nitrogens with one attached hydrogen (secondary N) is 1. The number of benzene rings is 2. The van der Waals surface area contributed by atoms with E-state index in [-0.39, 0.29) is 11.9 Å². The summed E-state index contributed by atoms with van der Waals surface area (Å²) in [6.45, 7) is 1.96. The lowest BCUT2D eigenvalue weighted by molar-refractivity contribution is 0.0940. The summed E-state index contributed by atoms with van der Waals surface area (Å²) < 4.78 is 0.729. The highest BCUT2D eigenvalue weighted by atomic mass is 79.9. The number of halogens is 1. The number of anilines is 1. The molecule has 0 saturated heterocycles. The molecule has 2 aromatic rings. The number of hydrogen-bond donors (Lipinski definition) is 2. The summed E-state index contributed by atoms with van der Waals surface area (Å²) in [7, 11) is 0. The molecule has 0 heterocycles. The van der Waals surface area contributed by atoms with Gasteiger partial charge in [-0.1, -0.05) is 30.3 Å². The van der Waals surface area contributed by atoms with Gasteiger partial charge in [-0.05, 0) is 46.6 Å². The van der Waals surface area contributed by atoms with Crippen molar-refractivity contribution >= 4 is 27.5 Å². The zero-order valence-corrected chi connectivity index (χ0v) is 12.1. The molecule has 4 heteroatoms. The molecule has 0 radical (unpaired) electrons. The van der Waals surface area contributed by atoms with Crippen molar-refractivity contribution in [3.63, 3.8) is 0 Å². The van der Waals surface area contributed by atoms with Gasteiger partial charge in [0.2, 0.25) is 0 Å². The predicted molar refractivity (Wildman–Crippen MR) is 80.9 cm³/mol. The van der Waals surface area contributed by atoms with Gasteiger partial charge in [-0.2, -0.15) is 0 Å². The fraction of sp³-hybridized carbons (Fsp3) is 0.133. The summed E-state index contributed by atoms with van der Waals surface area (Å²) in [5.41, 5.74) is 7.98. The molecule has 0 aliphatic heterocycles. The Kier molecular flexibility index (Phi) is 4.22. The zero-order chi connectivity index (χ0) is 13.8. The van der Waals surface area contributed by atoms with Crippen LogP contribution in [-0.2, 0) is 0 Å². The number of nitrogens with two attached hydrogens (primary N) is 1. The maximum atomic E-state index is 12.1. The second-order valence-corrected chi connectivity index (χ2v) is 5.20. The van der Waals surface area contributed by atoms with E-state index in [9.17, 15) is 4.79 Å². The summed E-state index contributed by atoms with van der Waals surface area (Å²) in [6, 6.07) is 15.0. The molecule has 1 amide bonds. The van der Waals surface area contributed by atoms with E-state index in [0.717, 1.165) is 10.0 Å². The summed E-state index contributed by atoms with van der Waals surface area (Å²) in [5.74, 6) is -0.114. The van der Waals surface area contributed by atoms with Crippen molar-refractivity contribution in [3.8, 4) is 0 Å². The molecule has 19 heavy (non-hydrogen) atoms. The highest BCUT2D eigenvalue weighted by Crippen LogP contribution is 2.21. The Bertz CT molecular complexity index is 584. The van der Waals surface area contributed by atoms with Gasteiger partial charge in [0.25, 0.3) is 5.91 Å². The lowest BCUT2D eigenvalue weighted by Crippen LogP contribution is -2.26. The molecule has 3 N–H and O–H groups in total. The molecule has 0 unspecified atom stereocenters. The van der Waals surface area contributed by atoms with Gasteiger partial charge in [0, 0.05) is 15.7 Å². The van der Waals surface area contributed by atoms with Crippen molar-refractivity contribution < 1.29 is 4.79 Å². The molecular weight excluding hydrogens is 304 g/mol. The monoisotopic (exact) mass is 318 g/mol. The predicted octanol–water partition coefficient (Wildman–Crippen LogP) is 3.52. The SMILES string of the molecule is C[C@@H](NC(=O)c1ccc(N)c(Br)c1)c1ccccc1. The first-order chi connectivity index (χ1) is 9.08. The molecule has 98 valence electrons. The molecule has 0 saturated carbocycles. The van der Waals surface area contributed by atoms with Gasteiger partial charge in [0.1, 0.15) is 0 Å². The second-order valence-electron chi connectivity index (χ2n) is 4.34. The van der Waals surface area contributed by atoms with Crippen LogP contribution in [0, 0.1) is 0 Å². The molecule has 2 aromatic carbocycles. The number of nitrogen functional groups attached to an aromatic ring is 1. The number of hydrogen-bond acceptors (Lipinski definition) is 2. The third-order valence-corrected chi connectivity index (χ3v) is 3.60. The average molecular weight is 319 g/mol. The van der Waals surface area contributed by atoms with Gasteiger partial charge >= 0.3 is 0 Å². The standard InChI is InChI=1S/C15H15BrN2O/c1-10(11-5-3-2-4-6-11)18-15(19)12-7-8-14(17)13(16)9-12/h2-10H,17H2,1H3,(H,18,19)/t10-/m1/s1. The van der Waals surface area contributed by atoms with E-state index in [1.54, 1.807) is 18.2 Å². The first-order valence-corrected chi connectivity index (χ1v) is 6.78. The molecule has 1 atom stereocenters. The van der Waals surface area contributed by atoms with Crippen molar-refractivity contribution in [2.45, 2.75) is 13.0 Å². The summed E-state index contributed by atoms with van der Waals surface area (Å²) >= 11 is 3.32. The number of amides is 1. The number of carbonyl (C=O) groups is 1. The average Bonchev–Trinajstić information content (AvgIpc) is 2.42. The highest BCUT2D eigenvalue weighted by Gasteiger charge is 2.11. The van der Waals surface area contributed by atoms with Crippen LogP contribution in [0.4, 0.5) is 5.69 Å². The number of carbonyl (C=O) groups excluding carboxylic acids is 1. The van der Waals surface area contributed by atoms with Gasteiger partial charge in [-0.15, -0.1) is 0 Å². The fourth-order valence-electron chi connectivity index (χ4n) is 1.77. The lowest BCUT2D eigenvalue weighted by Gasteiger charge is -2.14. The van der Waals surface area contributed by atoms with E-state index < -0.39 is 0 Å². The Hall–Kier alpha value is -1.81. The molecule has 0 aliphatic carbocycles.